The van der Waals surface area contributed by atoms with Crippen LogP contribution in [0.4, 0.5) is 11.4 Å². The van der Waals surface area contributed by atoms with Crippen molar-refractivity contribution in [3.05, 3.63) is 59.2 Å². The van der Waals surface area contributed by atoms with Gasteiger partial charge in [-0.05, 0) is 80.8 Å². The van der Waals surface area contributed by atoms with E-state index in [0.29, 0.717) is 12.1 Å². The molecule has 2 aromatic rings. The second-order valence-corrected chi connectivity index (χ2v) is 11.6. The summed E-state index contributed by atoms with van der Waals surface area (Å²) < 4.78 is 26.2. The van der Waals surface area contributed by atoms with Crippen molar-refractivity contribution < 1.29 is 13.2 Å². The molecule has 186 valence electrons. The van der Waals surface area contributed by atoms with Crippen LogP contribution >= 0.6 is 0 Å². The Labute approximate surface area is 205 Å². The molecule has 0 unspecified atom stereocenters. The Morgan fingerprint density at radius 3 is 2.53 bits per heavy atom. The van der Waals surface area contributed by atoms with E-state index in [2.05, 4.69) is 41.4 Å². The molecule has 34 heavy (non-hydrogen) atoms. The summed E-state index contributed by atoms with van der Waals surface area (Å²) >= 11 is 0. The fourth-order valence-corrected chi connectivity index (χ4v) is 5.66. The summed E-state index contributed by atoms with van der Waals surface area (Å²) in [6, 6.07) is 14.0. The Balaban J connectivity index is 1.54. The molecule has 1 aliphatic rings. The first-order valence-electron chi connectivity index (χ1n) is 12.2. The Kier molecular flexibility index (Phi) is 8.63. The molecule has 1 aliphatic heterocycles. The molecule has 0 aromatic heterocycles. The summed E-state index contributed by atoms with van der Waals surface area (Å²) in [5.41, 5.74) is 4.96. The molecule has 1 fully saturated rings. The predicted octanol–water partition coefficient (Wildman–Crippen LogP) is 4.96. The van der Waals surface area contributed by atoms with Crippen molar-refractivity contribution in [1.82, 2.24) is 5.32 Å². The summed E-state index contributed by atoms with van der Waals surface area (Å²) in [5, 5.41) is 3.05. The first kappa shape index (κ1) is 26.1. The lowest BCUT2D eigenvalue weighted by molar-refractivity contribution is -0.121. The van der Waals surface area contributed by atoms with Gasteiger partial charge in [-0.1, -0.05) is 31.2 Å². The molecular weight excluding hydrogens is 446 g/mol. The number of hydrogen-bond donors (Lipinski definition) is 1. The van der Waals surface area contributed by atoms with Gasteiger partial charge in [0.25, 0.3) is 0 Å². The smallest absolute Gasteiger partial charge is 0.232 e. The summed E-state index contributed by atoms with van der Waals surface area (Å²) in [6.45, 7) is 10.6. The van der Waals surface area contributed by atoms with E-state index < -0.39 is 10.0 Å². The van der Waals surface area contributed by atoms with Crippen LogP contribution < -0.4 is 14.5 Å². The molecule has 1 N–H and O–H groups in total. The molecule has 0 bridgehead atoms. The minimum Gasteiger partial charge on any atom is -0.371 e. The first-order chi connectivity index (χ1) is 16.1. The third-order valence-electron chi connectivity index (χ3n) is 6.80. The molecule has 2 atom stereocenters. The maximum Gasteiger partial charge on any atom is 0.232 e. The second-order valence-electron chi connectivity index (χ2n) is 9.73. The van der Waals surface area contributed by atoms with E-state index >= 15 is 0 Å². The zero-order chi connectivity index (χ0) is 24.9. The van der Waals surface area contributed by atoms with Crippen molar-refractivity contribution in [1.29, 1.82) is 0 Å². The third kappa shape index (κ3) is 6.75. The standard InChI is InChI=1S/C27H39N3O3S/c1-20-9-7-17-29(19-20)25-15-13-24(14-16-25)23(4)28-27(31)12-8-18-30(34(5,32)33)26-11-6-10-21(2)22(26)3/h6,10-11,13-16,20,23H,7-9,12,17-19H2,1-5H3,(H,28,31)/t20-,23+/m1/s1. The summed E-state index contributed by atoms with van der Waals surface area (Å²) in [6.07, 6.45) is 4.46. The van der Waals surface area contributed by atoms with Gasteiger partial charge in [-0.2, -0.15) is 0 Å². The average Bonchev–Trinajstić information content (AvgIpc) is 2.78. The van der Waals surface area contributed by atoms with Gasteiger partial charge in [0.2, 0.25) is 15.9 Å². The lowest BCUT2D eigenvalue weighted by Crippen LogP contribution is -2.34. The maximum atomic E-state index is 12.6. The number of piperidine rings is 1. The predicted molar refractivity (Wildman–Crippen MR) is 141 cm³/mol. The van der Waals surface area contributed by atoms with Crippen molar-refractivity contribution >= 4 is 27.3 Å². The Hall–Kier alpha value is -2.54. The Morgan fingerprint density at radius 1 is 1.18 bits per heavy atom. The molecule has 0 aliphatic carbocycles. The number of sulfonamides is 1. The van der Waals surface area contributed by atoms with E-state index in [1.54, 1.807) is 0 Å². The van der Waals surface area contributed by atoms with E-state index in [4.69, 9.17) is 0 Å². The summed E-state index contributed by atoms with van der Waals surface area (Å²) in [5.74, 6) is 0.649. The van der Waals surface area contributed by atoms with Crippen LogP contribution in [-0.4, -0.2) is 40.2 Å². The van der Waals surface area contributed by atoms with E-state index in [9.17, 15) is 13.2 Å². The number of benzene rings is 2. The molecule has 1 saturated heterocycles. The zero-order valence-electron chi connectivity index (χ0n) is 21.2. The number of rotatable bonds is 9. The van der Waals surface area contributed by atoms with E-state index in [-0.39, 0.29) is 24.9 Å². The molecule has 3 rings (SSSR count). The largest absolute Gasteiger partial charge is 0.371 e. The zero-order valence-corrected chi connectivity index (χ0v) is 22.0. The Morgan fingerprint density at radius 2 is 1.88 bits per heavy atom. The highest BCUT2D eigenvalue weighted by atomic mass is 32.2. The van der Waals surface area contributed by atoms with Crippen LogP contribution in [0.15, 0.2) is 42.5 Å². The SMILES string of the molecule is Cc1cccc(N(CCCC(=O)N[C@@H](C)c2ccc(N3CCC[C@@H](C)C3)cc2)S(C)(=O)=O)c1C. The molecule has 6 nitrogen and oxygen atoms in total. The normalized spacial score (nSPS) is 17.3. The molecular formula is C27H39N3O3S. The summed E-state index contributed by atoms with van der Waals surface area (Å²) in [7, 11) is -3.44. The topological polar surface area (TPSA) is 69.7 Å². The molecule has 0 radical (unpaired) electrons. The molecule has 1 amide bonds. The quantitative estimate of drug-likeness (QED) is 0.545. The fraction of sp³-hybridized carbons (Fsp3) is 0.519. The van der Waals surface area contributed by atoms with Gasteiger partial charge in [0.05, 0.1) is 18.0 Å². The monoisotopic (exact) mass is 485 g/mol. The lowest BCUT2D eigenvalue weighted by atomic mass is 9.99. The van der Waals surface area contributed by atoms with Crippen LogP contribution in [-0.2, 0) is 14.8 Å². The van der Waals surface area contributed by atoms with Crippen molar-refractivity contribution in [2.24, 2.45) is 5.92 Å². The lowest BCUT2D eigenvalue weighted by Gasteiger charge is -2.33. The van der Waals surface area contributed by atoms with Crippen molar-refractivity contribution in [3.63, 3.8) is 0 Å². The van der Waals surface area contributed by atoms with Gasteiger partial charge in [0.1, 0.15) is 0 Å². The number of nitrogens with one attached hydrogen (secondary N) is 1. The summed E-state index contributed by atoms with van der Waals surface area (Å²) in [4.78, 5) is 15.0. The van der Waals surface area contributed by atoms with Crippen LogP contribution in [0.3, 0.4) is 0 Å². The van der Waals surface area contributed by atoms with Gasteiger partial charge in [-0.15, -0.1) is 0 Å². The van der Waals surface area contributed by atoms with Gasteiger partial charge >= 0.3 is 0 Å². The fourth-order valence-electron chi connectivity index (χ4n) is 4.65. The minimum atomic E-state index is -3.44. The van der Waals surface area contributed by atoms with Crippen LogP contribution in [0.2, 0.25) is 0 Å². The number of nitrogens with zero attached hydrogens (tertiary/aromatic N) is 2. The van der Waals surface area contributed by atoms with Crippen molar-refractivity contribution in [2.45, 2.75) is 59.4 Å². The Bertz CT molecular complexity index is 1080. The molecule has 7 heteroatoms. The van der Waals surface area contributed by atoms with E-state index in [1.807, 2.05) is 39.0 Å². The number of amides is 1. The van der Waals surface area contributed by atoms with Crippen molar-refractivity contribution in [3.8, 4) is 0 Å². The molecule has 0 saturated carbocycles. The van der Waals surface area contributed by atoms with E-state index in [0.717, 1.165) is 35.7 Å². The maximum absolute atomic E-state index is 12.6. The van der Waals surface area contributed by atoms with Crippen LogP contribution in [0, 0.1) is 19.8 Å². The van der Waals surface area contributed by atoms with Gasteiger partial charge in [-0.3, -0.25) is 9.10 Å². The van der Waals surface area contributed by atoms with Crippen LogP contribution in [0.1, 0.15) is 62.3 Å². The highest BCUT2D eigenvalue weighted by molar-refractivity contribution is 7.92. The van der Waals surface area contributed by atoms with Crippen LogP contribution in [0.5, 0.6) is 0 Å². The molecule has 0 spiro atoms. The number of carbonyl (C=O) groups is 1. The first-order valence-corrected chi connectivity index (χ1v) is 14.1. The molecule has 2 aromatic carbocycles. The number of hydrogen-bond acceptors (Lipinski definition) is 4. The average molecular weight is 486 g/mol. The van der Waals surface area contributed by atoms with Crippen LogP contribution in [0.25, 0.3) is 0 Å². The number of carbonyl (C=O) groups excluding carboxylic acids is 1. The number of aryl methyl sites for hydroxylation is 1. The van der Waals surface area contributed by atoms with Gasteiger partial charge in [0, 0.05) is 31.7 Å². The van der Waals surface area contributed by atoms with Gasteiger partial charge in [-0.25, -0.2) is 8.42 Å². The molecule has 1 heterocycles. The number of anilines is 2. The minimum absolute atomic E-state index is 0.0733. The van der Waals surface area contributed by atoms with E-state index in [1.165, 1.54) is 29.1 Å². The third-order valence-corrected chi connectivity index (χ3v) is 7.98. The highest BCUT2D eigenvalue weighted by Gasteiger charge is 2.21. The van der Waals surface area contributed by atoms with Gasteiger partial charge in [0.15, 0.2) is 0 Å². The highest BCUT2D eigenvalue weighted by Crippen LogP contribution is 2.26. The van der Waals surface area contributed by atoms with Gasteiger partial charge < -0.3 is 10.2 Å². The second kappa shape index (κ2) is 11.3. The van der Waals surface area contributed by atoms with Crippen molar-refractivity contribution in [2.75, 3.05) is 35.1 Å².